The first-order chi connectivity index (χ1) is 20.2. The lowest BCUT2D eigenvalue weighted by Gasteiger charge is -2.33. The van der Waals surface area contributed by atoms with Crippen LogP contribution < -0.4 is 10.6 Å². The number of ether oxygens (including phenoxy) is 1. The number of amides is 3. The van der Waals surface area contributed by atoms with Gasteiger partial charge in [-0.05, 0) is 30.6 Å². The molecule has 2 heterocycles. The van der Waals surface area contributed by atoms with Crippen molar-refractivity contribution in [2.45, 2.75) is 103 Å². The molecule has 1 saturated heterocycles. The van der Waals surface area contributed by atoms with Crippen molar-refractivity contribution in [1.82, 2.24) is 20.5 Å². The monoisotopic (exact) mass is 606 g/mol. The molecule has 0 radical (unpaired) electrons. The van der Waals surface area contributed by atoms with Gasteiger partial charge in [0.2, 0.25) is 17.7 Å². The number of aromatic nitrogens is 1. The minimum Gasteiger partial charge on any atom is -0.390 e. The van der Waals surface area contributed by atoms with E-state index in [9.17, 15) is 24.6 Å². The maximum absolute atomic E-state index is 13.8. The summed E-state index contributed by atoms with van der Waals surface area (Å²) >= 11 is 1.42. The molecule has 1 aromatic heterocycles. The van der Waals surface area contributed by atoms with Crippen molar-refractivity contribution in [1.29, 1.82) is 0 Å². The van der Waals surface area contributed by atoms with Crippen molar-refractivity contribution in [3.63, 3.8) is 0 Å². The number of carbonyl (C=O) groups excluding carboxylic acids is 3. The third-order valence-corrected chi connectivity index (χ3v) is 9.87. The van der Waals surface area contributed by atoms with Crippen molar-refractivity contribution < 1.29 is 29.3 Å². The van der Waals surface area contributed by atoms with Gasteiger partial charge >= 0.3 is 0 Å². The molecule has 0 aromatic carbocycles. The lowest BCUT2D eigenvalue weighted by molar-refractivity contribution is -0.138. The topological polar surface area (TPSA) is 141 Å². The Balaban J connectivity index is 1.47. The highest BCUT2D eigenvalue weighted by Crippen LogP contribution is 2.50. The van der Waals surface area contributed by atoms with Gasteiger partial charge in [-0.2, -0.15) is 0 Å². The van der Waals surface area contributed by atoms with Crippen LogP contribution in [0, 0.1) is 29.6 Å². The van der Waals surface area contributed by atoms with E-state index in [1.165, 1.54) is 17.8 Å². The quantitative estimate of drug-likeness (QED) is 0.255. The maximum atomic E-state index is 13.8. The zero-order valence-corrected chi connectivity index (χ0v) is 26.2. The summed E-state index contributed by atoms with van der Waals surface area (Å²) in [5.74, 6) is -1.09. The van der Waals surface area contributed by atoms with Crippen LogP contribution in [0.25, 0.3) is 0 Å². The van der Waals surface area contributed by atoms with Gasteiger partial charge in [-0.1, -0.05) is 59.3 Å². The summed E-state index contributed by atoms with van der Waals surface area (Å²) in [6, 6.07) is -1.55. The molecular weight excluding hydrogens is 556 g/mol. The van der Waals surface area contributed by atoms with E-state index in [1.54, 1.807) is 10.4 Å². The second kappa shape index (κ2) is 15.6. The normalized spacial score (nSPS) is 25.9. The summed E-state index contributed by atoms with van der Waals surface area (Å²) in [6.07, 6.45) is 5.36. The van der Waals surface area contributed by atoms with Crippen LogP contribution in [0.5, 0.6) is 0 Å². The fraction of sp³-hybridized carbons (Fsp3) is 0.806. The second-order valence-corrected chi connectivity index (χ2v) is 13.6. The largest absolute Gasteiger partial charge is 0.390 e. The molecule has 3 fully saturated rings. The van der Waals surface area contributed by atoms with Gasteiger partial charge in [0.25, 0.3) is 0 Å². The first-order valence-corrected chi connectivity index (χ1v) is 16.8. The van der Waals surface area contributed by atoms with Gasteiger partial charge in [-0.3, -0.25) is 14.4 Å². The Morgan fingerprint density at radius 1 is 1.10 bits per heavy atom. The van der Waals surface area contributed by atoms with Crippen molar-refractivity contribution in [2.24, 2.45) is 29.6 Å². The molecule has 10 nitrogen and oxygen atoms in total. The van der Waals surface area contributed by atoms with Crippen molar-refractivity contribution >= 4 is 29.1 Å². The van der Waals surface area contributed by atoms with Gasteiger partial charge in [0.1, 0.15) is 12.1 Å². The molecule has 2 saturated carbocycles. The summed E-state index contributed by atoms with van der Waals surface area (Å²) in [5, 5.41) is 29.8. The number of thiazole rings is 1. The number of hydrogen-bond donors (Lipinski definition) is 4. The first kappa shape index (κ1) is 32.8. The minimum atomic E-state index is -1.11. The Bertz CT molecular complexity index is 1010. The summed E-state index contributed by atoms with van der Waals surface area (Å²) in [4.78, 5) is 46.8. The number of nitrogens with zero attached hydrogens (tertiary/aromatic N) is 2. The van der Waals surface area contributed by atoms with Gasteiger partial charge < -0.3 is 30.5 Å². The van der Waals surface area contributed by atoms with Gasteiger partial charge in [-0.15, -0.1) is 11.3 Å². The minimum absolute atomic E-state index is 0.0133. The van der Waals surface area contributed by atoms with Crippen LogP contribution in [-0.2, 0) is 25.5 Å². The van der Waals surface area contributed by atoms with E-state index in [1.807, 2.05) is 26.2 Å². The van der Waals surface area contributed by atoms with Gasteiger partial charge in [-0.25, -0.2) is 4.98 Å². The molecule has 0 bridgehead atoms. The fourth-order valence-corrected chi connectivity index (χ4v) is 7.41. The van der Waals surface area contributed by atoms with Crippen LogP contribution in [0.3, 0.4) is 0 Å². The zero-order chi connectivity index (χ0) is 30.2. The lowest BCUT2D eigenvalue weighted by atomic mass is 9.82. The Labute approximate surface area is 254 Å². The number of carbonyl (C=O) groups is 3. The van der Waals surface area contributed by atoms with Gasteiger partial charge in [0, 0.05) is 24.9 Å². The molecule has 7 atom stereocenters. The van der Waals surface area contributed by atoms with Crippen molar-refractivity contribution in [3.8, 4) is 0 Å². The molecule has 4 N–H and O–H groups in total. The predicted octanol–water partition coefficient (Wildman–Crippen LogP) is 2.52. The molecule has 4 rings (SSSR count). The van der Waals surface area contributed by atoms with Crippen LogP contribution in [0.1, 0.15) is 77.8 Å². The molecule has 2 aliphatic carbocycles. The van der Waals surface area contributed by atoms with Crippen LogP contribution in [-0.4, -0.2) is 88.4 Å². The molecule has 3 aliphatic rings. The molecule has 42 heavy (non-hydrogen) atoms. The molecule has 3 amide bonds. The van der Waals surface area contributed by atoms with Crippen LogP contribution in [0.15, 0.2) is 10.9 Å². The highest BCUT2D eigenvalue weighted by Gasteiger charge is 2.59. The molecule has 236 valence electrons. The molecule has 1 aromatic rings. The first-order valence-electron chi connectivity index (χ1n) is 15.9. The average Bonchev–Trinajstić information content (AvgIpc) is 3.50. The fourth-order valence-electron chi connectivity index (χ4n) is 6.83. The van der Waals surface area contributed by atoms with Crippen molar-refractivity contribution in [2.75, 3.05) is 26.3 Å². The molecular formula is C31H50N4O6S. The molecule has 0 unspecified atom stereocenters. The number of hydrogen-bond acceptors (Lipinski definition) is 8. The number of rotatable bonds is 14. The van der Waals surface area contributed by atoms with Crippen LogP contribution in [0.2, 0.25) is 0 Å². The third-order valence-electron chi connectivity index (χ3n) is 9.24. The maximum Gasteiger partial charge on any atom is 0.243 e. The molecule has 1 aliphatic heterocycles. The Morgan fingerprint density at radius 3 is 2.43 bits per heavy atom. The van der Waals surface area contributed by atoms with E-state index >= 15 is 0 Å². The SMILES string of the molecule is CC[C@@H]1[C@H](C(=O)N[C@@H](Cc2cscn2)C(=O)N[C@@H](CC2CCCCC2)[C@@H](O)[C@@H](O)CC(C)C)[C@H]1C(=O)N1CCOCC1. The van der Waals surface area contributed by atoms with E-state index in [4.69, 9.17) is 4.74 Å². The van der Waals surface area contributed by atoms with E-state index in [2.05, 4.69) is 15.6 Å². The van der Waals surface area contributed by atoms with Crippen LogP contribution >= 0.6 is 11.3 Å². The van der Waals surface area contributed by atoms with Gasteiger partial charge in [0.05, 0.1) is 48.4 Å². The smallest absolute Gasteiger partial charge is 0.243 e. The summed E-state index contributed by atoms with van der Waals surface area (Å²) in [6.45, 7) is 8.02. The summed E-state index contributed by atoms with van der Waals surface area (Å²) < 4.78 is 5.38. The summed E-state index contributed by atoms with van der Waals surface area (Å²) in [7, 11) is 0. The number of morpholine rings is 1. The molecule has 11 heteroatoms. The Hall–Kier alpha value is -2.08. The van der Waals surface area contributed by atoms with E-state index in [0.29, 0.717) is 57.2 Å². The van der Waals surface area contributed by atoms with Crippen LogP contribution in [0.4, 0.5) is 0 Å². The average molecular weight is 607 g/mol. The Kier molecular flexibility index (Phi) is 12.2. The highest BCUT2D eigenvalue weighted by atomic mass is 32.1. The number of aliphatic hydroxyl groups excluding tert-OH is 2. The number of nitrogens with one attached hydrogen (secondary N) is 2. The summed E-state index contributed by atoms with van der Waals surface area (Å²) in [5.41, 5.74) is 2.38. The van der Waals surface area contributed by atoms with E-state index < -0.39 is 36.1 Å². The third kappa shape index (κ3) is 8.74. The zero-order valence-electron chi connectivity index (χ0n) is 25.4. The Morgan fingerprint density at radius 2 is 1.81 bits per heavy atom. The predicted molar refractivity (Wildman–Crippen MR) is 160 cm³/mol. The van der Waals surface area contributed by atoms with Crippen molar-refractivity contribution in [3.05, 3.63) is 16.6 Å². The van der Waals surface area contributed by atoms with E-state index in [0.717, 1.165) is 25.7 Å². The van der Waals surface area contributed by atoms with E-state index in [-0.39, 0.29) is 36.0 Å². The van der Waals surface area contributed by atoms with Gasteiger partial charge in [0.15, 0.2) is 0 Å². The molecule has 0 spiro atoms. The number of aliphatic hydroxyl groups is 2. The lowest BCUT2D eigenvalue weighted by Crippen LogP contribution is -2.56. The standard InChI is InChI=1S/C31H50N4O6S/c1-4-22-26(27(22)31(40)35-10-12-41-13-11-35)30(39)34-24(16-21-17-42-18-32-21)29(38)33-23(15-20-8-6-5-7-9-20)28(37)25(36)14-19(2)3/h17-20,22-28,36-37H,4-16H2,1-3H3,(H,33,38)(H,34,39)/t22-,23+,24+,25+,26+,27+,28-/m1/s1. The highest BCUT2D eigenvalue weighted by molar-refractivity contribution is 7.07. The second-order valence-electron chi connectivity index (χ2n) is 12.8.